The molecule has 72 heavy (non-hydrogen) atoms. The first-order valence-corrected chi connectivity index (χ1v) is 26.3. The Kier molecular flexibility index (Phi) is 13.2. The Hall–Kier alpha value is -5.48. The average molecular weight is 979 g/mol. The van der Waals surface area contributed by atoms with Crippen molar-refractivity contribution in [3.05, 3.63) is 141 Å². The maximum absolute atomic E-state index is 13.5. The van der Waals surface area contributed by atoms with Gasteiger partial charge in [0.1, 0.15) is 0 Å². The number of hydrogen-bond acceptors (Lipinski definition) is 10. The first-order valence-electron chi connectivity index (χ1n) is 26.3. The van der Waals surface area contributed by atoms with E-state index >= 15 is 0 Å². The van der Waals surface area contributed by atoms with Gasteiger partial charge in [-0.05, 0) is 108 Å². The molecule has 0 aromatic heterocycles. The number of nitrogens with one attached hydrogen (secondary N) is 2. The van der Waals surface area contributed by atoms with Gasteiger partial charge in [-0.3, -0.25) is 19.2 Å². The third-order valence-electron chi connectivity index (χ3n) is 17.1. The molecule has 8 heterocycles. The van der Waals surface area contributed by atoms with Crippen LogP contribution in [-0.4, -0.2) is 155 Å². The minimum absolute atomic E-state index is 0.0401. The van der Waals surface area contributed by atoms with Crippen molar-refractivity contribution < 1.29 is 38.9 Å². The maximum atomic E-state index is 13.5. The zero-order chi connectivity index (χ0) is 50.1. The molecule has 4 amide bonds. The Morgan fingerprint density at radius 3 is 1.31 bits per heavy atom. The number of ether oxygens (including phenoxy) is 2. The van der Waals surface area contributed by atoms with Crippen molar-refractivity contribution in [2.24, 2.45) is 0 Å². The van der Waals surface area contributed by atoms with Crippen LogP contribution in [0.25, 0.3) is 0 Å². The smallest absolute Gasteiger partial charge is 0.254 e. The Balaban J connectivity index is 0.000000156. The van der Waals surface area contributed by atoms with Crippen molar-refractivity contribution in [2.75, 3.05) is 52.6 Å². The molecular formula is C58H70N6O8. The van der Waals surface area contributed by atoms with Crippen molar-refractivity contribution in [3.8, 4) is 0 Å². The third kappa shape index (κ3) is 9.17. The molecule has 4 N–H and O–H groups in total. The van der Waals surface area contributed by atoms with Crippen LogP contribution in [0.4, 0.5) is 0 Å². The van der Waals surface area contributed by atoms with Gasteiger partial charge in [-0.25, -0.2) is 0 Å². The average Bonchev–Trinajstić information content (AvgIpc) is 3.79. The summed E-state index contributed by atoms with van der Waals surface area (Å²) in [6.45, 7) is 13.9. The normalized spacial score (nSPS) is 27.4. The Morgan fingerprint density at radius 2 is 0.931 bits per heavy atom. The number of fused-ring (bicyclic) bond motifs is 8. The van der Waals surface area contributed by atoms with E-state index in [-0.39, 0.29) is 83.8 Å². The van der Waals surface area contributed by atoms with Crippen LogP contribution in [0.15, 0.2) is 84.9 Å². The summed E-state index contributed by atoms with van der Waals surface area (Å²) in [7, 11) is 0. The molecule has 0 saturated carbocycles. The van der Waals surface area contributed by atoms with Gasteiger partial charge in [0.15, 0.2) is 0 Å². The highest BCUT2D eigenvalue weighted by Crippen LogP contribution is 2.39. The fourth-order valence-corrected chi connectivity index (χ4v) is 13.2. The van der Waals surface area contributed by atoms with E-state index in [0.717, 1.165) is 62.7 Å². The second kappa shape index (κ2) is 19.4. The Labute approximate surface area is 423 Å². The van der Waals surface area contributed by atoms with Crippen molar-refractivity contribution in [1.29, 1.82) is 0 Å². The molecule has 4 aromatic rings. The largest absolute Gasteiger partial charge is 0.390 e. The summed E-state index contributed by atoms with van der Waals surface area (Å²) in [4.78, 5) is 61.4. The molecule has 4 fully saturated rings. The summed E-state index contributed by atoms with van der Waals surface area (Å²) in [5, 5.41) is 29.1. The number of morpholine rings is 2. The SMILES string of the molecule is CC1(C)CN(C[C@@H](O)[C@@H]2Cc3ccccc3CN2)C(=O)c2ccc(C(=O)N3C4CCC3COC4)cc21.CC1(C)CN(C[C@H](O)[C@@H]2Cc3ccccc3CN2)C(=O)c2ccc(C(=O)N3C4CCC3COC4)cc21. The number of benzene rings is 4. The van der Waals surface area contributed by atoms with E-state index < -0.39 is 12.2 Å². The van der Waals surface area contributed by atoms with Crippen molar-refractivity contribution >= 4 is 23.6 Å². The lowest BCUT2D eigenvalue weighted by atomic mass is 9.77. The number of aliphatic hydroxyl groups excluding tert-OH is 2. The molecule has 8 aliphatic heterocycles. The minimum atomic E-state index is -0.669. The summed E-state index contributed by atoms with van der Waals surface area (Å²) in [5.41, 5.74) is 8.72. The van der Waals surface area contributed by atoms with Gasteiger partial charge in [-0.15, -0.1) is 0 Å². The zero-order valence-corrected chi connectivity index (χ0v) is 42.1. The third-order valence-corrected chi connectivity index (χ3v) is 17.1. The summed E-state index contributed by atoms with van der Waals surface area (Å²) in [6, 6.07) is 28.1. The lowest BCUT2D eigenvalue weighted by Gasteiger charge is -2.42. The van der Waals surface area contributed by atoms with Crippen LogP contribution in [-0.2, 0) is 46.2 Å². The number of rotatable bonds is 8. The monoisotopic (exact) mass is 979 g/mol. The lowest BCUT2D eigenvalue weighted by molar-refractivity contribution is -0.00731. The van der Waals surface area contributed by atoms with Gasteiger partial charge in [-0.1, -0.05) is 76.2 Å². The molecule has 4 aromatic carbocycles. The van der Waals surface area contributed by atoms with Crippen LogP contribution in [0, 0.1) is 0 Å². The van der Waals surface area contributed by atoms with Crippen LogP contribution < -0.4 is 10.6 Å². The van der Waals surface area contributed by atoms with E-state index in [1.807, 2.05) is 58.3 Å². The topological polar surface area (TPSA) is 164 Å². The van der Waals surface area contributed by atoms with Gasteiger partial charge in [0, 0.05) is 84.4 Å². The van der Waals surface area contributed by atoms with E-state index in [9.17, 15) is 29.4 Å². The standard InChI is InChI=1S/2C29H35N3O4/c2*1-29(2)17-31(14-26(33)25-12-18-5-3-4-6-20(18)13-30-25)28(35)23-10-7-19(11-24(23)29)27(34)32-21-8-9-22(32)16-36-15-21/h2*3-7,10-11,21-22,25-26,30,33H,8-9,12-17H2,1-2H3/t21?,22?,25-,26+;21?,22?,25-,26-/m00/s1. The van der Waals surface area contributed by atoms with E-state index in [1.165, 1.54) is 22.3 Å². The molecule has 4 bridgehead atoms. The van der Waals surface area contributed by atoms with Crippen LogP contribution in [0.5, 0.6) is 0 Å². The molecule has 12 rings (SSSR count). The van der Waals surface area contributed by atoms with Crippen LogP contribution >= 0.6 is 0 Å². The fourth-order valence-electron chi connectivity index (χ4n) is 13.2. The maximum Gasteiger partial charge on any atom is 0.254 e. The second-order valence-electron chi connectivity index (χ2n) is 23.0. The molecule has 0 radical (unpaired) electrons. The number of β-amino-alcohol motifs (C(OH)–C–C–N with tert-alkyl or cyclic N) is 2. The van der Waals surface area contributed by atoms with Gasteiger partial charge < -0.3 is 49.9 Å². The fraction of sp³-hybridized carbons (Fsp3) is 0.517. The molecule has 8 atom stereocenters. The van der Waals surface area contributed by atoms with E-state index in [1.54, 1.807) is 21.9 Å². The number of carbonyl (C=O) groups excluding carboxylic acids is 4. The summed E-state index contributed by atoms with van der Waals surface area (Å²) in [6.07, 6.45) is 4.11. The second-order valence-corrected chi connectivity index (χ2v) is 23.0. The van der Waals surface area contributed by atoms with Gasteiger partial charge in [0.2, 0.25) is 0 Å². The molecule has 14 heteroatoms. The highest BCUT2D eigenvalue weighted by atomic mass is 16.5. The highest BCUT2D eigenvalue weighted by molar-refractivity contribution is 6.02. The van der Waals surface area contributed by atoms with Crippen LogP contribution in [0.3, 0.4) is 0 Å². The van der Waals surface area contributed by atoms with Crippen LogP contribution in [0.1, 0.15) is 128 Å². The molecule has 4 unspecified atom stereocenters. The quantitative estimate of drug-likeness (QED) is 0.189. The van der Waals surface area contributed by atoms with Crippen molar-refractivity contribution in [3.63, 3.8) is 0 Å². The Bertz CT molecular complexity index is 2540. The number of amides is 4. The highest BCUT2D eigenvalue weighted by Gasteiger charge is 2.45. The molecule has 4 saturated heterocycles. The number of nitrogens with zero attached hydrogens (tertiary/aromatic N) is 4. The van der Waals surface area contributed by atoms with E-state index in [0.29, 0.717) is 61.8 Å². The number of carbonyl (C=O) groups is 4. The predicted molar refractivity (Wildman–Crippen MR) is 272 cm³/mol. The van der Waals surface area contributed by atoms with E-state index in [2.05, 4.69) is 62.6 Å². The van der Waals surface area contributed by atoms with Crippen molar-refractivity contribution in [1.82, 2.24) is 30.2 Å². The number of hydrogen-bond donors (Lipinski definition) is 4. The summed E-state index contributed by atoms with van der Waals surface area (Å²) in [5.74, 6) is -0.0771. The minimum Gasteiger partial charge on any atom is -0.390 e. The van der Waals surface area contributed by atoms with Gasteiger partial charge in [-0.2, -0.15) is 0 Å². The summed E-state index contributed by atoms with van der Waals surface area (Å²) >= 11 is 0. The summed E-state index contributed by atoms with van der Waals surface area (Å²) < 4.78 is 11.3. The molecule has 8 aliphatic rings. The lowest BCUT2D eigenvalue weighted by Crippen LogP contribution is -2.54. The van der Waals surface area contributed by atoms with Gasteiger partial charge >= 0.3 is 0 Å². The first kappa shape index (κ1) is 48.8. The molecular weight excluding hydrogens is 909 g/mol. The first-order chi connectivity index (χ1) is 34.6. The number of aliphatic hydroxyl groups is 2. The van der Waals surface area contributed by atoms with Crippen LogP contribution in [0.2, 0.25) is 0 Å². The molecule has 0 spiro atoms. The predicted octanol–water partition coefficient (Wildman–Crippen LogP) is 5.00. The van der Waals surface area contributed by atoms with Crippen molar-refractivity contribution in [2.45, 2.75) is 139 Å². The molecule has 14 nitrogen and oxygen atoms in total. The zero-order valence-electron chi connectivity index (χ0n) is 42.1. The van der Waals surface area contributed by atoms with E-state index in [4.69, 9.17) is 9.47 Å². The van der Waals surface area contributed by atoms with Gasteiger partial charge in [0.05, 0.1) is 62.8 Å². The molecule has 0 aliphatic carbocycles. The Morgan fingerprint density at radius 1 is 0.569 bits per heavy atom. The van der Waals surface area contributed by atoms with Gasteiger partial charge in [0.25, 0.3) is 23.6 Å². The molecule has 380 valence electrons.